The summed E-state index contributed by atoms with van der Waals surface area (Å²) in [5.74, 6) is -3.38. The van der Waals surface area contributed by atoms with Crippen molar-refractivity contribution in [1.29, 1.82) is 0 Å². The zero-order valence-corrected chi connectivity index (χ0v) is 15.0. The number of alkyl halides is 3. The maximum Gasteiger partial charge on any atom is 0.393 e. The number of primary amides is 1. The number of rotatable bonds is 2. The Morgan fingerprint density at radius 1 is 1.38 bits per heavy atom. The molecule has 0 bridgehead atoms. The van der Waals surface area contributed by atoms with Gasteiger partial charge in [0.15, 0.2) is 11.6 Å². The van der Waals surface area contributed by atoms with E-state index in [1.54, 1.807) is 12.1 Å². The van der Waals surface area contributed by atoms with Gasteiger partial charge in [-0.05, 0) is 18.6 Å². The summed E-state index contributed by atoms with van der Waals surface area (Å²) in [4.78, 5) is 42.6. The molecule has 4 heterocycles. The number of fused-ring (bicyclic) bond motifs is 1. The number of ether oxygens (including phenoxy) is 1. The highest BCUT2D eigenvalue weighted by molar-refractivity contribution is 6.02. The van der Waals surface area contributed by atoms with Crippen LogP contribution in [0.15, 0.2) is 18.3 Å². The lowest BCUT2D eigenvalue weighted by atomic mass is 9.97. The number of hydrogen-bond acceptors (Lipinski definition) is 6. The largest absolute Gasteiger partial charge is 0.472 e. The maximum atomic E-state index is 12.9. The zero-order valence-electron chi connectivity index (χ0n) is 15.0. The minimum absolute atomic E-state index is 0.203. The standard InChI is InChI=1S/C17H18F3N5O4/c18-17(19,20)8-4-9(23-6-8)14(27)25-7-16(5-10(25)12(21)26)15(28)24-13-11(29-16)2-1-3-22-13/h1-3,8-10,23H,4-7H2,(H2,21,26)(H,22,24,28)/t8-,9+,10+,16-/m1/s1. The second-order valence-electron chi connectivity index (χ2n) is 7.42. The first-order chi connectivity index (χ1) is 13.6. The summed E-state index contributed by atoms with van der Waals surface area (Å²) in [7, 11) is 0. The van der Waals surface area contributed by atoms with Gasteiger partial charge in [-0.1, -0.05) is 0 Å². The fraction of sp³-hybridized carbons (Fsp3) is 0.529. The first kappa shape index (κ1) is 19.4. The summed E-state index contributed by atoms with van der Waals surface area (Å²) in [5, 5.41) is 5.13. The second kappa shape index (κ2) is 6.58. The predicted molar refractivity (Wildman–Crippen MR) is 91.5 cm³/mol. The van der Waals surface area contributed by atoms with Gasteiger partial charge in [0.05, 0.1) is 18.5 Å². The van der Waals surface area contributed by atoms with Crippen LogP contribution in [-0.2, 0) is 14.4 Å². The highest BCUT2D eigenvalue weighted by Crippen LogP contribution is 2.40. The van der Waals surface area contributed by atoms with Gasteiger partial charge in [-0.25, -0.2) is 4.98 Å². The molecule has 3 aliphatic rings. The number of hydrogen-bond donors (Lipinski definition) is 3. The summed E-state index contributed by atoms with van der Waals surface area (Å²) in [5.41, 5.74) is 3.84. The van der Waals surface area contributed by atoms with Crippen LogP contribution >= 0.6 is 0 Å². The topological polar surface area (TPSA) is 127 Å². The normalized spacial score (nSPS) is 31.3. The third-order valence-electron chi connectivity index (χ3n) is 5.55. The number of carbonyl (C=O) groups excluding carboxylic acids is 3. The lowest BCUT2D eigenvalue weighted by Crippen LogP contribution is -2.54. The van der Waals surface area contributed by atoms with E-state index in [9.17, 15) is 27.6 Å². The molecular formula is C17H18F3N5O4. The van der Waals surface area contributed by atoms with Crippen molar-refractivity contribution < 1.29 is 32.3 Å². The van der Waals surface area contributed by atoms with Crippen LogP contribution in [0.1, 0.15) is 12.8 Å². The zero-order chi connectivity index (χ0) is 21.0. The van der Waals surface area contributed by atoms with Crippen molar-refractivity contribution in [2.75, 3.05) is 18.4 Å². The second-order valence-corrected chi connectivity index (χ2v) is 7.42. The summed E-state index contributed by atoms with van der Waals surface area (Å²) < 4.78 is 44.6. The van der Waals surface area contributed by atoms with Gasteiger partial charge in [0.2, 0.25) is 17.4 Å². The molecular weight excluding hydrogens is 395 g/mol. The number of nitrogens with one attached hydrogen (secondary N) is 2. The predicted octanol–water partition coefficient (Wildman–Crippen LogP) is -0.222. The quantitative estimate of drug-likeness (QED) is 0.615. The van der Waals surface area contributed by atoms with E-state index in [2.05, 4.69) is 15.6 Å². The molecule has 1 aromatic heterocycles. The number of nitrogens with zero attached hydrogens (tertiary/aromatic N) is 2. The first-order valence-electron chi connectivity index (χ1n) is 8.96. The number of pyridine rings is 1. The van der Waals surface area contributed by atoms with Gasteiger partial charge in [0, 0.05) is 19.2 Å². The van der Waals surface area contributed by atoms with Crippen LogP contribution in [0.5, 0.6) is 5.75 Å². The van der Waals surface area contributed by atoms with Crippen molar-refractivity contribution in [3.63, 3.8) is 0 Å². The number of carbonyl (C=O) groups is 3. The lowest BCUT2D eigenvalue weighted by Gasteiger charge is -2.33. The SMILES string of the molecule is NC(=O)[C@@H]1C[C@]2(CN1C(=O)[C@@H]1C[C@@H](C(F)(F)F)CN1)Oc1cccnc1NC2=O. The molecule has 4 rings (SSSR count). The van der Waals surface area contributed by atoms with E-state index in [0.29, 0.717) is 0 Å². The highest BCUT2D eigenvalue weighted by Gasteiger charge is 2.58. The van der Waals surface area contributed by atoms with Gasteiger partial charge in [0.25, 0.3) is 5.91 Å². The van der Waals surface area contributed by atoms with Crippen molar-refractivity contribution in [2.45, 2.75) is 36.7 Å². The average molecular weight is 413 g/mol. The van der Waals surface area contributed by atoms with Gasteiger partial charge < -0.3 is 26.0 Å². The molecule has 0 unspecified atom stereocenters. The van der Waals surface area contributed by atoms with Gasteiger partial charge in [-0.3, -0.25) is 14.4 Å². The number of likely N-dealkylation sites (tertiary alicyclic amines) is 1. The fourth-order valence-electron chi connectivity index (χ4n) is 4.01. The van der Waals surface area contributed by atoms with Crippen LogP contribution in [0.3, 0.4) is 0 Å². The molecule has 0 radical (unpaired) electrons. The molecule has 4 atom stereocenters. The monoisotopic (exact) mass is 413 g/mol. The molecule has 1 aromatic rings. The van der Waals surface area contributed by atoms with Crippen LogP contribution in [0.4, 0.5) is 19.0 Å². The molecule has 3 amide bonds. The molecule has 9 nitrogen and oxygen atoms in total. The van der Waals surface area contributed by atoms with Gasteiger partial charge in [-0.15, -0.1) is 0 Å². The Bertz CT molecular complexity index is 879. The highest BCUT2D eigenvalue weighted by atomic mass is 19.4. The smallest absolute Gasteiger partial charge is 0.393 e. The van der Waals surface area contributed by atoms with E-state index < -0.39 is 60.5 Å². The number of anilines is 1. The molecule has 1 spiro atoms. The average Bonchev–Trinajstić information content (AvgIpc) is 3.28. The lowest BCUT2D eigenvalue weighted by molar-refractivity contribution is -0.169. The molecule has 0 aliphatic carbocycles. The van der Waals surface area contributed by atoms with Gasteiger partial charge >= 0.3 is 6.18 Å². The molecule has 2 fully saturated rings. The van der Waals surface area contributed by atoms with E-state index >= 15 is 0 Å². The van der Waals surface area contributed by atoms with E-state index in [1.807, 2.05) is 0 Å². The third-order valence-corrected chi connectivity index (χ3v) is 5.55. The molecule has 3 aliphatic heterocycles. The molecule has 4 N–H and O–H groups in total. The Balaban J connectivity index is 1.58. The summed E-state index contributed by atoms with van der Waals surface area (Å²) in [6.45, 7) is -0.704. The Labute approximate surface area is 162 Å². The van der Waals surface area contributed by atoms with E-state index in [4.69, 9.17) is 10.5 Å². The Hall–Kier alpha value is -2.89. The summed E-state index contributed by atoms with van der Waals surface area (Å²) in [6, 6.07) is 0.852. The number of aromatic nitrogens is 1. The van der Waals surface area contributed by atoms with Crippen molar-refractivity contribution >= 4 is 23.5 Å². The van der Waals surface area contributed by atoms with E-state index in [0.717, 1.165) is 4.90 Å². The van der Waals surface area contributed by atoms with Crippen molar-refractivity contribution in [1.82, 2.24) is 15.2 Å². The molecule has 0 aromatic carbocycles. The summed E-state index contributed by atoms with van der Waals surface area (Å²) in [6.07, 6.45) is -3.62. The Kier molecular flexibility index (Phi) is 4.41. The molecule has 0 saturated carbocycles. The minimum Gasteiger partial charge on any atom is -0.472 e. The van der Waals surface area contributed by atoms with Crippen molar-refractivity contribution in [2.24, 2.45) is 11.7 Å². The number of halogens is 3. The van der Waals surface area contributed by atoms with Gasteiger partial charge in [0.1, 0.15) is 6.04 Å². The van der Waals surface area contributed by atoms with E-state index in [1.165, 1.54) is 6.20 Å². The molecule has 2 saturated heterocycles. The van der Waals surface area contributed by atoms with Crippen molar-refractivity contribution in [3.8, 4) is 5.75 Å². The van der Waals surface area contributed by atoms with Crippen LogP contribution in [-0.4, -0.2) is 64.6 Å². The van der Waals surface area contributed by atoms with Crippen LogP contribution in [0, 0.1) is 5.92 Å². The summed E-state index contributed by atoms with van der Waals surface area (Å²) >= 11 is 0. The third kappa shape index (κ3) is 3.26. The minimum atomic E-state index is -4.43. The molecule has 29 heavy (non-hydrogen) atoms. The molecule has 156 valence electrons. The van der Waals surface area contributed by atoms with Crippen LogP contribution < -0.4 is 21.1 Å². The maximum absolute atomic E-state index is 12.9. The van der Waals surface area contributed by atoms with Crippen LogP contribution in [0.25, 0.3) is 0 Å². The van der Waals surface area contributed by atoms with E-state index in [-0.39, 0.29) is 24.5 Å². The first-order valence-corrected chi connectivity index (χ1v) is 8.96. The number of nitrogens with two attached hydrogens (primary N) is 1. The van der Waals surface area contributed by atoms with Crippen LogP contribution in [0.2, 0.25) is 0 Å². The molecule has 12 heteroatoms. The fourth-order valence-corrected chi connectivity index (χ4v) is 4.01. The Morgan fingerprint density at radius 2 is 2.14 bits per heavy atom. The van der Waals surface area contributed by atoms with Gasteiger partial charge in [-0.2, -0.15) is 13.2 Å². The number of amides is 3. The Morgan fingerprint density at radius 3 is 2.79 bits per heavy atom. The van der Waals surface area contributed by atoms with Crippen molar-refractivity contribution in [3.05, 3.63) is 18.3 Å².